The molecule has 0 saturated carbocycles. The highest BCUT2D eigenvalue weighted by Crippen LogP contribution is 2.31. The number of rotatable bonds is 3. The molecule has 3 heterocycles. The third-order valence-electron chi connectivity index (χ3n) is 4.80. The summed E-state index contributed by atoms with van der Waals surface area (Å²) in [4.78, 5) is 46.3. The molecule has 2 aromatic rings. The van der Waals surface area contributed by atoms with Gasteiger partial charge in [0.2, 0.25) is 11.9 Å². The topological polar surface area (TPSA) is 111 Å². The number of carbonyl (C=O) groups excluding carboxylic acids is 2. The Balaban J connectivity index is 2.06. The van der Waals surface area contributed by atoms with E-state index in [0.717, 1.165) is 0 Å². The Morgan fingerprint density at radius 1 is 1.32 bits per heavy atom. The van der Waals surface area contributed by atoms with Gasteiger partial charge in [0.25, 0.3) is 11.5 Å². The molecule has 0 aromatic carbocycles. The zero-order valence-corrected chi connectivity index (χ0v) is 16.6. The van der Waals surface area contributed by atoms with Crippen molar-refractivity contribution in [3.63, 3.8) is 0 Å². The SMILES string of the molecule is CC(C)C(=O)Nc1nc2c(c(=O)[nH]1)N(C(=O)c1ccc[n+](C)c1)[C@H](C)[C@@H](C)N2. The lowest BCUT2D eigenvalue weighted by atomic mass is 10.0. The van der Waals surface area contributed by atoms with Crippen LogP contribution in [0.2, 0.25) is 0 Å². The van der Waals surface area contributed by atoms with Crippen LogP contribution in [0, 0.1) is 5.92 Å². The van der Waals surface area contributed by atoms with E-state index in [0.29, 0.717) is 5.56 Å². The Labute approximate surface area is 162 Å². The van der Waals surface area contributed by atoms with E-state index < -0.39 is 5.56 Å². The second kappa shape index (κ2) is 7.41. The monoisotopic (exact) mass is 385 g/mol. The number of nitrogens with zero attached hydrogens (tertiary/aromatic N) is 3. The van der Waals surface area contributed by atoms with Crippen molar-refractivity contribution in [1.29, 1.82) is 0 Å². The fourth-order valence-electron chi connectivity index (χ4n) is 3.01. The van der Waals surface area contributed by atoms with E-state index in [2.05, 4.69) is 20.6 Å². The number of pyridine rings is 1. The number of hydrogen-bond acceptors (Lipinski definition) is 5. The van der Waals surface area contributed by atoms with Crippen LogP contribution < -0.4 is 25.7 Å². The summed E-state index contributed by atoms with van der Waals surface area (Å²) in [5.41, 5.74) is 0.113. The summed E-state index contributed by atoms with van der Waals surface area (Å²) in [6.45, 7) is 7.27. The van der Waals surface area contributed by atoms with Gasteiger partial charge in [0, 0.05) is 18.0 Å². The molecule has 2 aromatic heterocycles. The third-order valence-corrected chi connectivity index (χ3v) is 4.80. The zero-order chi connectivity index (χ0) is 20.6. The molecule has 0 bridgehead atoms. The van der Waals surface area contributed by atoms with Crippen LogP contribution in [0.5, 0.6) is 0 Å². The Morgan fingerprint density at radius 2 is 2.04 bits per heavy atom. The van der Waals surface area contributed by atoms with Gasteiger partial charge in [-0.2, -0.15) is 4.98 Å². The maximum Gasteiger partial charge on any atom is 0.278 e. The Morgan fingerprint density at radius 3 is 2.68 bits per heavy atom. The standard InChI is InChI=1S/C19H24N6O3/c1-10(2)16(26)22-19-21-15-14(17(27)23-19)25(12(4)11(3)20-15)18(28)13-7-6-8-24(5)9-13/h6-12H,1-5H3,(H2-,20,21,22,23,26,27)/p+1/t11-,12-/m1/s1. The summed E-state index contributed by atoms with van der Waals surface area (Å²) in [5, 5.41) is 5.75. The molecule has 3 rings (SSSR count). The van der Waals surface area contributed by atoms with E-state index >= 15 is 0 Å². The lowest BCUT2D eigenvalue weighted by Gasteiger charge is -2.38. The molecule has 0 saturated heterocycles. The van der Waals surface area contributed by atoms with Crippen molar-refractivity contribution in [2.75, 3.05) is 15.5 Å². The van der Waals surface area contributed by atoms with Crippen LogP contribution in [0.3, 0.4) is 0 Å². The molecule has 3 N–H and O–H groups in total. The number of hydrogen-bond donors (Lipinski definition) is 3. The Hall–Kier alpha value is -3.23. The summed E-state index contributed by atoms with van der Waals surface area (Å²) in [6.07, 6.45) is 3.53. The molecule has 9 nitrogen and oxygen atoms in total. The van der Waals surface area contributed by atoms with E-state index in [4.69, 9.17) is 0 Å². The van der Waals surface area contributed by atoms with Crippen LogP contribution in [0.1, 0.15) is 38.1 Å². The second-order valence-corrected chi connectivity index (χ2v) is 7.36. The van der Waals surface area contributed by atoms with Gasteiger partial charge < -0.3 is 5.32 Å². The van der Waals surface area contributed by atoms with Crippen molar-refractivity contribution >= 4 is 29.3 Å². The van der Waals surface area contributed by atoms with Crippen LogP contribution in [0.15, 0.2) is 29.3 Å². The molecule has 148 valence electrons. The first kappa shape index (κ1) is 19.5. The lowest BCUT2D eigenvalue weighted by Crippen LogP contribution is -2.53. The minimum Gasteiger partial charge on any atom is -0.364 e. The van der Waals surface area contributed by atoms with Crippen molar-refractivity contribution in [2.24, 2.45) is 13.0 Å². The highest BCUT2D eigenvalue weighted by atomic mass is 16.2. The number of fused-ring (bicyclic) bond motifs is 1. The van der Waals surface area contributed by atoms with E-state index in [1.165, 1.54) is 4.90 Å². The molecule has 2 atom stereocenters. The summed E-state index contributed by atoms with van der Waals surface area (Å²) in [5.74, 6) is -0.489. The van der Waals surface area contributed by atoms with Crippen LogP contribution in [0.4, 0.5) is 17.5 Å². The lowest BCUT2D eigenvalue weighted by molar-refractivity contribution is -0.671. The first-order valence-electron chi connectivity index (χ1n) is 9.19. The van der Waals surface area contributed by atoms with Gasteiger partial charge in [0.1, 0.15) is 12.6 Å². The largest absolute Gasteiger partial charge is 0.364 e. The average Bonchev–Trinajstić information content (AvgIpc) is 2.62. The van der Waals surface area contributed by atoms with Gasteiger partial charge >= 0.3 is 0 Å². The molecule has 28 heavy (non-hydrogen) atoms. The van der Waals surface area contributed by atoms with Crippen LogP contribution in [-0.4, -0.2) is 33.9 Å². The van der Waals surface area contributed by atoms with Crippen LogP contribution in [0.25, 0.3) is 0 Å². The maximum atomic E-state index is 13.2. The predicted octanol–water partition coefficient (Wildman–Crippen LogP) is 1.04. The molecule has 1 aliphatic heterocycles. The van der Waals surface area contributed by atoms with Crippen LogP contribution >= 0.6 is 0 Å². The molecule has 9 heteroatoms. The molecule has 0 radical (unpaired) electrons. The fraction of sp³-hybridized carbons (Fsp3) is 0.421. The van der Waals surface area contributed by atoms with E-state index in [1.54, 1.807) is 36.7 Å². The van der Waals surface area contributed by atoms with E-state index in [9.17, 15) is 14.4 Å². The molecule has 0 unspecified atom stereocenters. The smallest absolute Gasteiger partial charge is 0.278 e. The molecule has 0 aliphatic carbocycles. The second-order valence-electron chi connectivity index (χ2n) is 7.36. The van der Waals surface area contributed by atoms with Gasteiger partial charge in [-0.1, -0.05) is 13.8 Å². The van der Waals surface area contributed by atoms with Crippen molar-refractivity contribution in [1.82, 2.24) is 9.97 Å². The number of anilines is 3. The van der Waals surface area contributed by atoms with Crippen molar-refractivity contribution in [2.45, 2.75) is 39.8 Å². The predicted molar refractivity (Wildman–Crippen MR) is 105 cm³/mol. The number of carbonyl (C=O) groups is 2. The molecular weight excluding hydrogens is 360 g/mol. The molecule has 1 aliphatic rings. The maximum absolute atomic E-state index is 13.2. The summed E-state index contributed by atoms with van der Waals surface area (Å²) in [6, 6.07) is 3.07. The van der Waals surface area contributed by atoms with E-state index in [-0.39, 0.29) is 47.3 Å². The van der Waals surface area contributed by atoms with Crippen molar-refractivity contribution < 1.29 is 14.2 Å². The quantitative estimate of drug-likeness (QED) is 0.684. The first-order chi connectivity index (χ1) is 13.2. The number of amides is 2. The molecule has 0 fully saturated rings. The van der Waals surface area contributed by atoms with Crippen molar-refractivity contribution in [3.05, 3.63) is 40.4 Å². The number of H-pyrrole nitrogens is 1. The first-order valence-corrected chi connectivity index (χ1v) is 9.19. The highest BCUT2D eigenvalue weighted by molar-refractivity contribution is 6.08. The van der Waals surface area contributed by atoms with E-state index in [1.807, 2.05) is 27.1 Å². The average molecular weight is 385 g/mol. The highest BCUT2D eigenvalue weighted by Gasteiger charge is 2.37. The minimum absolute atomic E-state index is 0.0511. The normalized spacial score (nSPS) is 18.4. The van der Waals surface area contributed by atoms with Gasteiger partial charge in [-0.25, -0.2) is 4.57 Å². The van der Waals surface area contributed by atoms with Gasteiger partial charge in [-0.15, -0.1) is 0 Å². The van der Waals surface area contributed by atoms with Crippen LogP contribution in [-0.2, 0) is 11.8 Å². The minimum atomic E-state index is -0.496. The van der Waals surface area contributed by atoms with Gasteiger partial charge in [0.15, 0.2) is 23.9 Å². The number of aromatic nitrogens is 3. The fourth-order valence-corrected chi connectivity index (χ4v) is 3.01. The summed E-state index contributed by atoms with van der Waals surface area (Å²) in [7, 11) is 1.83. The Bertz CT molecular complexity index is 984. The van der Waals surface area contributed by atoms with Gasteiger partial charge in [-0.05, 0) is 19.9 Å². The summed E-state index contributed by atoms with van der Waals surface area (Å²) < 4.78 is 1.78. The number of aryl methyl sites for hydroxylation is 1. The number of nitrogens with one attached hydrogen (secondary N) is 3. The summed E-state index contributed by atoms with van der Waals surface area (Å²) >= 11 is 0. The third kappa shape index (κ3) is 3.60. The van der Waals surface area contributed by atoms with Gasteiger partial charge in [0.05, 0.1) is 6.04 Å². The number of aromatic amines is 1. The zero-order valence-electron chi connectivity index (χ0n) is 16.6. The molecule has 2 amide bonds. The Kier molecular flexibility index (Phi) is 5.17. The van der Waals surface area contributed by atoms with Crippen molar-refractivity contribution in [3.8, 4) is 0 Å². The van der Waals surface area contributed by atoms with Gasteiger partial charge in [-0.3, -0.25) is 29.6 Å². The molecule has 0 spiro atoms. The molecular formula is C19H25N6O3+.